The van der Waals surface area contributed by atoms with Crippen molar-refractivity contribution < 1.29 is 14.3 Å². The lowest BCUT2D eigenvalue weighted by Gasteiger charge is -2.05. The predicted molar refractivity (Wildman–Crippen MR) is 83.9 cm³/mol. The lowest BCUT2D eigenvalue weighted by Crippen LogP contribution is -2.09. The summed E-state index contributed by atoms with van der Waals surface area (Å²) in [7, 11) is 0. The van der Waals surface area contributed by atoms with Crippen LogP contribution in [0, 0.1) is 5.82 Å². The Labute approximate surface area is 127 Å². The number of hydrogen-bond acceptors (Lipinski definition) is 4. The summed E-state index contributed by atoms with van der Waals surface area (Å²) >= 11 is 0. The fourth-order valence-corrected chi connectivity index (χ4v) is 1.69. The zero-order valence-corrected chi connectivity index (χ0v) is 11.8. The standard InChI is InChI=1S/C16H16FN3O2/c17-13-4-1-12(2-5-13)3-8-16(22)20-14-6-7-15(19-11-14)18-9-10-21/h1-8,11,21H,9-10H2,(H,18,19)(H,20,22)/b8-3+. The first kappa shape index (κ1) is 15.7. The Hall–Kier alpha value is -2.73. The summed E-state index contributed by atoms with van der Waals surface area (Å²) < 4.78 is 12.8. The van der Waals surface area contributed by atoms with Gasteiger partial charge in [-0.3, -0.25) is 4.79 Å². The number of aromatic nitrogens is 1. The molecule has 0 aliphatic rings. The molecule has 0 aliphatic carbocycles. The maximum absolute atomic E-state index is 12.8. The number of hydrogen-bond donors (Lipinski definition) is 3. The summed E-state index contributed by atoms with van der Waals surface area (Å²) in [5.74, 6) is -0.00123. The largest absolute Gasteiger partial charge is 0.395 e. The molecular weight excluding hydrogens is 285 g/mol. The molecule has 2 aromatic rings. The van der Waals surface area contributed by atoms with Crippen LogP contribution in [0.3, 0.4) is 0 Å². The molecule has 1 aromatic heterocycles. The van der Waals surface area contributed by atoms with E-state index in [0.717, 1.165) is 5.56 Å². The number of carbonyl (C=O) groups excluding carboxylic acids is 1. The number of aliphatic hydroxyl groups excluding tert-OH is 1. The molecule has 6 heteroatoms. The fourth-order valence-electron chi connectivity index (χ4n) is 1.69. The molecule has 1 aromatic carbocycles. The quantitative estimate of drug-likeness (QED) is 0.716. The van der Waals surface area contributed by atoms with Gasteiger partial charge in [0.25, 0.3) is 0 Å². The number of halogens is 1. The monoisotopic (exact) mass is 301 g/mol. The highest BCUT2D eigenvalue weighted by molar-refractivity contribution is 6.01. The highest BCUT2D eigenvalue weighted by Crippen LogP contribution is 2.10. The summed E-state index contributed by atoms with van der Waals surface area (Å²) in [6.45, 7) is 0.438. The number of carbonyl (C=O) groups is 1. The smallest absolute Gasteiger partial charge is 0.248 e. The van der Waals surface area contributed by atoms with Gasteiger partial charge in [-0.25, -0.2) is 9.37 Å². The zero-order chi connectivity index (χ0) is 15.8. The number of aliphatic hydroxyl groups is 1. The number of pyridine rings is 1. The summed E-state index contributed by atoms with van der Waals surface area (Å²) in [6.07, 6.45) is 4.48. The molecule has 0 unspecified atom stereocenters. The third kappa shape index (κ3) is 4.99. The molecule has 114 valence electrons. The molecule has 0 atom stereocenters. The molecule has 0 saturated heterocycles. The van der Waals surface area contributed by atoms with Gasteiger partial charge in [-0.1, -0.05) is 12.1 Å². The van der Waals surface area contributed by atoms with Crippen molar-refractivity contribution in [1.82, 2.24) is 4.98 Å². The third-order valence-electron chi connectivity index (χ3n) is 2.75. The van der Waals surface area contributed by atoms with Gasteiger partial charge in [0.05, 0.1) is 18.5 Å². The van der Waals surface area contributed by atoms with Gasteiger partial charge >= 0.3 is 0 Å². The van der Waals surface area contributed by atoms with Crippen LogP contribution in [-0.4, -0.2) is 29.1 Å². The first-order chi connectivity index (χ1) is 10.7. The average Bonchev–Trinajstić information content (AvgIpc) is 2.54. The molecule has 0 fully saturated rings. The van der Waals surface area contributed by atoms with Crippen molar-refractivity contribution in [2.45, 2.75) is 0 Å². The van der Waals surface area contributed by atoms with Crippen LogP contribution in [0.5, 0.6) is 0 Å². The minimum Gasteiger partial charge on any atom is -0.395 e. The van der Waals surface area contributed by atoms with Gasteiger partial charge in [0.2, 0.25) is 5.91 Å². The van der Waals surface area contributed by atoms with Crippen molar-refractivity contribution in [3.8, 4) is 0 Å². The van der Waals surface area contributed by atoms with E-state index in [1.54, 1.807) is 30.3 Å². The summed E-state index contributed by atoms with van der Waals surface area (Å²) in [5.41, 5.74) is 1.29. The van der Waals surface area contributed by atoms with Crippen LogP contribution < -0.4 is 10.6 Å². The molecule has 0 aliphatic heterocycles. The van der Waals surface area contributed by atoms with Crippen LogP contribution in [0.2, 0.25) is 0 Å². The Bertz CT molecular complexity index is 639. The van der Waals surface area contributed by atoms with E-state index in [1.807, 2.05) is 0 Å². The van der Waals surface area contributed by atoms with Gasteiger partial charge in [0.15, 0.2) is 0 Å². The van der Waals surface area contributed by atoms with Crippen molar-refractivity contribution >= 4 is 23.5 Å². The van der Waals surface area contributed by atoms with E-state index in [9.17, 15) is 9.18 Å². The van der Waals surface area contributed by atoms with E-state index in [4.69, 9.17) is 5.11 Å². The predicted octanol–water partition coefficient (Wildman–Crippen LogP) is 2.28. The third-order valence-corrected chi connectivity index (χ3v) is 2.75. The molecule has 0 radical (unpaired) electrons. The number of amides is 1. The van der Waals surface area contributed by atoms with Gasteiger partial charge in [0, 0.05) is 12.6 Å². The van der Waals surface area contributed by atoms with Gasteiger partial charge in [-0.05, 0) is 35.9 Å². The number of anilines is 2. The van der Waals surface area contributed by atoms with Crippen molar-refractivity contribution in [2.24, 2.45) is 0 Å². The normalized spacial score (nSPS) is 10.6. The SMILES string of the molecule is O=C(/C=C/c1ccc(F)cc1)Nc1ccc(NCCO)nc1. The molecule has 0 saturated carbocycles. The highest BCUT2D eigenvalue weighted by Gasteiger charge is 1.99. The van der Waals surface area contributed by atoms with E-state index < -0.39 is 0 Å². The molecule has 1 heterocycles. The number of rotatable bonds is 6. The Balaban J connectivity index is 1.89. The van der Waals surface area contributed by atoms with Gasteiger partial charge in [0.1, 0.15) is 11.6 Å². The zero-order valence-electron chi connectivity index (χ0n) is 11.8. The Morgan fingerprint density at radius 1 is 1.23 bits per heavy atom. The number of nitrogens with zero attached hydrogens (tertiary/aromatic N) is 1. The molecule has 1 amide bonds. The molecule has 0 spiro atoms. The molecule has 5 nitrogen and oxygen atoms in total. The van der Waals surface area contributed by atoms with Crippen molar-refractivity contribution in [3.05, 3.63) is 60.1 Å². The average molecular weight is 301 g/mol. The Kier molecular flexibility index (Phi) is 5.62. The first-order valence-electron chi connectivity index (χ1n) is 6.73. The maximum Gasteiger partial charge on any atom is 0.248 e. The lowest BCUT2D eigenvalue weighted by molar-refractivity contribution is -0.111. The van der Waals surface area contributed by atoms with Crippen LogP contribution in [0.4, 0.5) is 15.9 Å². The molecular formula is C16H16FN3O2. The summed E-state index contributed by atoms with van der Waals surface area (Å²) in [5, 5.41) is 14.3. The summed E-state index contributed by atoms with van der Waals surface area (Å²) in [4.78, 5) is 15.9. The van der Waals surface area contributed by atoms with Crippen molar-refractivity contribution in [2.75, 3.05) is 23.8 Å². The van der Waals surface area contributed by atoms with Gasteiger partial charge < -0.3 is 15.7 Å². The molecule has 22 heavy (non-hydrogen) atoms. The van der Waals surface area contributed by atoms with Crippen LogP contribution in [-0.2, 0) is 4.79 Å². The lowest BCUT2D eigenvalue weighted by atomic mass is 10.2. The van der Waals surface area contributed by atoms with E-state index >= 15 is 0 Å². The van der Waals surface area contributed by atoms with E-state index in [-0.39, 0.29) is 18.3 Å². The Morgan fingerprint density at radius 2 is 2.00 bits per heavy atom. The van der Waals surface area contributed by atoms with Gasteiger partial charge in [-0.2, -0.15) is 0 Å². The summed E-state index contributed by atoms with van der Waals surface area (Å²) in [6, 6.07) is 9.25. The molecule has 2 rings (SSSR count). The van der Waals surface area contributed by atoms with Gasteiger partial charge in [-0.15, -0.1) is 0 Å². The second kappa shape index (κ2) is 7.90. The topological polar surface area (TPSA) is 74.2 Å². The van der Waals surface area contributed by atoms with E-state index in [0.29, 0.717) is 18.1 Å². The van der Waals surface area contributed by atoms with Crippen LogP contribution in [0.1, 0.15) is 5.56 Å². The van der Waals surface area contributed by atoms with Crippen LogP contribution in [0.25, 0.3) is 6.08 Å². The fraction of sp³-hybridized carbons (Fsp3) is 0.125. The minimum atomic E-state index is -0.317. The van der Waals surface area contributed by atoms with E-state index in [2.05, 4.69) is 15.6 Å². The van der Waals surface area contributed by atoms with Crippen molar-refractivity contribution in [1.29, 1.82) is 0 Å². The van der Waals surface area contributed by atoms with Crippen LogP contribution in [0.15, 0.2) is 48.7 Å². The van der Waals surface area contributed by atoms with Crippen molar-refractivity contribution in [3.63, 3.8) is 0 Å². The number of benzene rings is 1. The highest BCUT2D eigenvalue weighted by atomic mass is 19.1. The molecule has 0 bridgehead atoms. The number of nitrogens with one attached hydrogen (secondary N) is 2. The van der Waals surface area contributed by atoms with Crippen LogP contribution >= 0.6 is 0 Å². The Morgan fingerprint density at radius 3 is 2.64 bits per heavy atom. The second-order valence-corrected chi connectivity index (χ2v) is 4.46. The molecule has 3 N–H and O–H groups in total. The second-order valence-electron chi connectivity index (χ2n) is 4.46. The van der Waals surface area contributed by atoms with E-state index in [1.165, 1.54) is 24.4 Å². The maximum atomic E-state index is 12.8. The minimum absolute atomic E-state index is 0.0222. The first-order valence-corrected chi connectivity index (χ1v) is 6.73.